The fourth-order valence-electron chi connectivity index (χ4n) is 3.81. The van der Waals surface area contributed by atoms with Crippen molar-refractivity contribution >= 4 is 18.4 Å². The van der Waals surface area contributed by atoms with Crippen LogP contribution in [0, 0.1) is 12.8 Å². The molecule has 2 fully saturated rings. The van der Waals surface area contributed by atoms with E-state index in [2.05, 4.69) is 4.90 Å². The largest absolute Gasteiger partial charge is 0.462 e. The van der Waals surface area contributed by atoms with Crippen LogP contribution in [0.15, 0.2) is 24.3 Å². The van der Waals surface area contributed by atoms with Crippen LogP contribution in [0.3, 0.4) is 0 Å². The molecule has 2 aliphatic heterocycles. The highest BCUT2D eigenvalue weighted by atomic mass is 35.5. The molecular formula is C18H26ClNO2. The van der Waals surface area contributed by atoms with Gasteiger partial charge in [-0.05, 0) is 57.8 Å². The summed E-state index contributed by atoms with van der Waals surface area (Å²) < 4.78 is 5.61. The summed E-state index contributed by atoms with van der Waals surface area (Å²) in [4.78, 5) is 14.8. The van der Waals surface area contributed by atoms with E-state index < -0.39 is 0 Å². The van der Waals surface area contributed by atoms with Crippen LogP contribution >= 0.6 is 12.4 Å². The minimum absolute atomic E-state index is 0. The smallest absolute Gasteiger partial charge is 0.338 e. The van der Waals surface area contributed by atoms with Gasteiger partial charge in [0.05, 0.1) is 12.2 Å². The average Bonchev–Trinajstić information content (AvgIpc) is 2.52. The standard InChI is InChI=1S/C18H25NO2.ClH/c1-14-6-4-7-15(12-14)18(20)21-13-16-8-5-11-19-10-3-2-9-17(16)19;/h4,6-7,12,16-17H,2-3,5,8-11,13H2,1H3;1H. The Balaban J connectivity index is 0.00000176. The van der Waals surface area contributed by atoms with E-state index in [1.54, 1.807) is 0 Å². The molecule has 0 radical (unpaired) electrons. The van der Waals surface area contributed by atoms with Crippen molar-refractivity contribution in [1.29, 1.82) is 0 Å². The van der Waals surface area contributed by atoms with E-state index >= 15 is 0 Å². The average molecular weight is 324 g/mol. The number of halogens is 1. The molecular weight excluding hydrogens is 298 g/mol. The van der Waals surface area contributed by atoms with Crippen molar-refractivity contribution < 1.29 is 9.53 Å². The maximum atomic E-state index is 12.2. The Hall–Kier alpha value is -1.06. The Morgan fingerprint density at radius 3 is 2.86 bits per heavy atom. The fourth-order valence-corrected chi connectivity index (χ4v) is 3.81. The summed E-state index contributed by atoms with van der Waals surface area (Å²) in [5.41, 5.74) is 1.77. The van der Waals surface area contributed by atoms with Crippen molar-refractivity contribution in [2.75, 3.05) is 19.7 Å². The molecule has 2 atom stereocenters. The van der Waals surface area contributed by atoms with Gasteiger partial charge in [-0.3, -0.25) is 4.90 Å². The number of rotatable bonds is 3. The Morgan fingerprint density at radius 2 is 2.05 bits per heavy atom. The van der Waals surface area contributed by atoms with E-state index in [-0.39, 0.29) is 18.4 Å². The van der Waals surface area contributed by atoms with Gasteiger partial charge in [0.25, 0.3) is 0 Å². The summed E-state index contributed by atoms with van der Waals surface area (Å²) in [6.07, 6.45) is 6.36. The van der Waals surface area contributed by atoms with Gasteiger partial charge < -0.3 is 4.74 Å². The van der Waals surface area contributed by atoms with Crippen molar-refractivity contribution in [1.82, 2.24) is 4.90 Å². The van der Waals surface area contributed by atoms with E-state index in [0.29, 0.717) is 24.1 Å². The number of benzene rings is 1. The quantitative estimate of drug-likeness (QED) is 0.792. The van der Waals surface area contributed by atoms with Crippen LogP contribution in [0.4, 0.5) is 0 Å². The Kier molecular flexibility index (Phi) is 6.27. The van der Waals surface area contributed by atoms with Gasteiger partial charge in [0.2, 0.25) is 0 Å². The van der Waals surface area contributed by atoms with E-state index in [0.717, 1.165) is 5.56 Å². The number of carbonyl (C=O) groups excluding carboxylic acids is 1. The number of nitrogens with zero attached hydrogens (tertiary/aromatic N) is 1. The van der Waals surface area contributed by atoms with Gasteiger partial charge >= 0.3 is 5.97 Å². The lowest BCUT2D eigenvalue weighted by atomic mass is 9.84. The normalized spacial score (nSPS) is 25.0. The predicted molar refractivity (Wildman–Crippen MR) is 90.6 cm³/mol. The molecule has 2 unspecified atom stereocenters. The van der Waals surface area contributed by atoms with Gasteiger partial charge in [-0.15, -0.1) is 12.4 Å². The molecule has 0 amide bonds. The van der Waals surface area contributed by atoms with E-state index in [4.69, 9.17) is 4.74 Å². The molecule has 3 rings (SSSR count). The third-order valence-corrected chi connectivity index (χ3v) is 4.91. The van der Waals surface area contributed by atoms with E-state index in [1.807, 2.05) is 31.2 Å². The lowest BCUT2D eigenvalue weighted by Gasteiger charge is -2.44. The molecule has 2 saturated heterocycles. The van der Waals surface area contributed by atoms with Crippen LogP contribution < -0.4 is 0 Å². The zero-order valence-electron chi connectivity index (χ0n) is 13.3. The second kappa shape index (κ2) is 7.98. The summed E-state index contributed by atoms with van der Waals surface area (Å²) >= 11 is 0. The lowest BCUT2D eigenvalue weighted by Crippen LogP contribution is -2.49. The molecule has 122 valence electrons. The molecule has 1 aromatic carbocycles. The molecule has 4 heteroatoms. The van der Waals surface area contributed by atoms with Crippen molar-refractivity contribution in [2.24, 2.45) is 5.92 Å². The Labute approximate surface area is 139 Å². The second-order valence-electron chi connectivity index (χ2n) is 6.47. The first-order chi connectivity index (χ1) is 10.2. The maximum absolute atomic E-state index is 12.2. The first kappa shape index (κ1) is 17.3. The molecule has 22 heavy (non-hydrogen) atoms. The van der Waals surface area contributed by atoms with Crippen LogP contribution in [0.2, 0.25) is 0 Å². The fraction of sp³-hybridized carbons (Fsp3) is 0.611. The van der Waals surface area contributed by atoms with Gasteiger partial charge in [-0.1, -0.05) is 24.1 Å². The minimum atomic E-state index is -0.174. The third kappa shape index (κ3) is 4.02. The highest BCUT2D eigenvalue weighted by Crippen LogP contribution is 2.31. The zero-order valence-corrected chi connectivity index (χ0v) is 14.1. The van der Waals surface area contributed by atoms with Crippen LogP contribution in [-0.2, 0) is 4.74 Å². The third-order valence-electron chi connectivity index (χ3n) is 4.91. The van der Waals surface area contributed by atoms with Gasteiger partial charge in [0.1, 0.15) is 0 Å². The topological polar surface area (TPSA) is 29.5 Å². The van der Waals surface area contributed by atoms with Crippen molar-refractivity contribution in [2.45, 2.75) is 45.1 Å². The van der Waals surface area contributed by atoms with Crippen LogP contribution in [-0.4, -0.2) is 36.6 Å². The summed E-state index contributed by atoms with van der Waals surface area (Å²) in [5, 5.41) is 0. The summed E-state index contributed by atoms with van der Waals surface area (Å²) in [6.45, 7) is 5.03. The monoisotopic (exact) mass is 323 g/mol. The summed E-state index contributed by atoms with van der Waals surface area (Å²) in [7, 11) is 0. The van der Waals surface area contributed by atoms with E-state index in [9.17, 15) is 4.79 Å². The molecule has 0 spiro atoms. The van der Waals surface area contributed by atoms with Gasteiger partial charge in [-0.25, -0.2) is 4.79 Å². The highest BCUT2D eigenvalue weighted by Gasteiger charge is 2.33. The zero-order chi connectivity index (χ0) is 14.7. The van der Waals surface area contributed by atoms with Gasteiger partial charge in [-0.2, -0.15) is 0 Å². The second-order valence-corrected chi connectivity index (χ2v) is 6.47. The molecule has 1 aromatic rings. The molecule has 2 heterocycles. The SMILES string of the molecule is Cc1cccc(C(=O)OCC2CCCN3CCCCC23)c1.Cl. The molecule has 0 bridgehead atoms. The first-order valence-corrected chi connectivity index (χ1v) is 8.22. The molecule has 0 N–H and O–H groups in total. The Bertz CT molecular complexity index is 504. The number of fused-ring (bicyclic) bond motifs is 1. The molecule has 0 aromatic heterocycles. The van der Waals surface area contributed by atoms with E-state index in [1.165, 1.54) is 45.2 Å². The molecule has 2 aliphatic rings. The number of aryl methyl sites for hydroxylation is 1. The highest BCUT2D eigenvalue weighted by molar-refractivity contribution is 5.89. The predicted octanol–water partition coefficient (Wildman–Crippen LogP) is 3.84. The van der Waals surface area contributed by atoms with Crippen molar-refractivity contribution in [3.05, 3.63) is 35.4 Å². The molecule has 3 nitrogen and oxygen atoms in total. The first-order valence-electron chi connectivity index (χ1n) is 8.22. The molecule has 0 saturated carbocycles. The number of hydrogen-bond acceptors (Lipinski definition) is 3. The van der Waals surface area contributed by atoms with Crippen molar-refractivity contribution in [3.63, 3.8) is 0 Å². The summed E-state index contributed by atoms with van der Waals surface area (Å²) in [6, 6.07) is 8.28. The maximum Gasteiger partial charge on any atom is 0.338 e. The number of carbonyl (C=O) groups is 1. The van der Waals surface area contributed by atoms with Crippen LogP contribution in [0.5, 0.6) is 0 Å². The number of ether oxygens (including phenoxy) is 1. The van der Waals surface area contributed by atoms with Crippen LogP contribution in [0.25, 0.3) is 0 Å². The lowest BCUT2D eigenvalue weighted by molar-refractivity contribution is 0.00738. The Morgan fingerprint density at radius 1 is 1.23 bits per heavy atom. The van der Waals surface area contributed by atoms with Crippen LogP contribution in [0.1, 0.15) is 48.0 Å². The summed E-state index contributed by atoms with van der Waals surface area (Å²) in [5.74, 6) is 0.347. The van der Waals surface area contributed by atoms with Gasteiger partial charge in [0, 0.05) is 12.0 Å². The van der Waals surface area contributed by atoms with Gasteiger partial charge in [0.15, 0.2) is 0 Å². The molecule has 0 aliphatic carbocycles. The van der Waals surface area contributed by atoms with Crippen molar-refractivity contribution in [3.8, 4) is 0 Å². The number of piperidine rings is 2. The number of esters is 1. The number of hydrogen-bond donors (Lipinski definition) is 0. The minimum Gasteiger partial charge on any atom is -0.462 e.